The average molecular weight is 408 g/mol. The molecule has 0 aromatic carbocycles. The Morgan fingerprint density at radius 2 is 1.43 bits per heavy atom. The van der Waals surface area contributed by atoms with Crippen molar-refractivity contribution in [3.05, 3.63) is 0 Å². The molecule has 0 aliphatic carbocycles. The maximum absolute atomic E-state index is 10.2. The molecule has 0 aromatic rings. The van der Waals surface area contributed by atoms with Crippen LogP contribution in [0.5, 0.6) is 0 Å². The third-order valence-electron chi connectivity index (χ3n) is 5.27. The van der Waals surface area contributed by atoms with E-state index in [4.69, 9.17) is 23.7 Å². The molecular formula is C19H36O9. The van der Waals surface area contributed by atoms with Gasteiger partial charge in [-0.3, -0.25) is 0 Å². The van der Waals surface area contributed by atoms with Gasteiger partial charge in [0, 0.05) is 13.7 Å². The van der Waals surface area contributed by atoms with Crippen molar-refractivity contribution in [3.8, 4) is 0 Å². The highest BCUT2D eigenvalue weighted by atomic mass is 16.7. The maximum Gasteiger partial charge on any atom is 0.186 e. The summed E-state index contributed by atoms with van der Waals surface area (Å²) in [6.45, 7) is 2.20. The first-order valence-electron chi connectivity index (χ1n) is 10.2. The van der Waals surface area contributed by atoms with Gasteiger partial charge in [-0.05, 0) is 6.42 Å². The lowest BCUT2D eigenvalue weighted by molar-refractivity contribution is -0.206. The predicted molar refractivity (Wildman–Crippen MR) is 98.5 cm³/mol. The number of methoxy groups -OCH3 is 1. The van der Waals surface area contributed by atoms with Crippen molar-refractivity contribution in [1.29, 1.82) is 0 Å². The van der Waals surface area contributed by atoms with Gasteiger partial charge in [-0.15, -0.1) is 0 Å². The fourth-order valence-corrected chi connectivity index (χ4v) is 3.54. The van der Waals surface area contributed by atoms with Crippen LogP contribution in [0.2, 0.25) is 0 Å². The predicted octanol–water partition coefficient (Wildman–Crippen LogP) is -0.0801. The van der Waals surface area contributed by atoms with Crippen LogP contribution in [0.15, 0.2) is 0 Å². The van der Waals surface area contributed by atoms with Crippen molar-refractivity contribution < 1.29 is 44.1 Å². The number of hydrogen-bond donors (Lipinski definition) is 4. The van der Waals surface area contributed by atoms with E-state index >= 15 is 0 Å². The minimum absolute atomic E-state index is 0.106. The number of aliphatic hydroxyl groups excluding tert-OH is 4. The van der Waals surface area contributed by atoms with Crippen molar-refractivity contribution >= 4 is 0 Å². The topological polar surface area (TPSA) is 127 Å². The van der Waals surface area contributed by atoms with Crippen LogP contribution in [0, 0.1) is 0 Å². The van der Waals surface area contributed by atoms with Gasteiger partial charge in [0.25, 0.3) is 0 Å². The summed E-state index contributed by atoms with van der Waals surface area (Å²) in [6.07, 6.45) is -0.805. The van der Waals surface area contributed by atoms with Crippen LogP contribution in [-0.4, -0.2) is 96.6 Å². The molecule has 2 aliphatic heterocycles. The first-order chi connectivity index (χ1) is 13.5. The molecule has 2 aliphatic rings. The number of aliphatic hydroxyl groups is 4. The fraction of sp³-hybridized carbons (Fsp3) is 1.00. The van der Waals surface area contributed by atoms with Crippen molar-refractivity contribution in [1.82, 2.24) is 0 Å². The van der Waals surface area contributed by atoms with Crippen LogP contribution >= 0.6 is 0 Å². The normalized spacial score (nSPS) is 38.4. The van der Waals surface area contributed by atoms with E-state index in [1.54, 1.807) is 0 Å². The molecule has 2 rings (SSSR count). The van der Waals surface area contributed by atoms with Gasteiger partial charge in [-0.25, -0.2) is 0 Å². The molecule has 28 heavy (non-hydrogen) atoms. The molecule has 0 saturated carbocycles. The number of hydrogen-bond acceptors (Lipinski definition) is 9. The summed E-state index contributed by atoms with van der Waals surface area (Å²) in [6, 6.07) is 0. The van der Waals surface area contributed by atoms with Crippen LogP contribution in [-0.2, 0) is 23.7 Å². The Bertz CT molecular complexity index is 424. The molecule has 0 radical (unpaired) electrons. The summed E-state index contributed by atoms with van der Waals surface area (Å²) in [7, 11) is 1.41. The Labute approximate surface area is 166 Å². The molecule has 0 unspecified atom stereocenters. The minimum atomic E-state index is -1.17. The van der Waals surface area contributed by atoms with E-state index in [0.29, 0.717) is 6.61 Å². The summed E-state index contributed by atoms with van der Waals surface area (Å²) in [5.41, 5.74) is 0. The van der Waals surface area contributed by atoms with E-state index < -0.39 is 49.2 Å². The highest BCUT2D eigenvalue weighted by Crippen LogP contribution is 2.27. The Morgan fingerprint density at radius 3 is 2.07 bits per heavy atom. The second-order valence-corrected chi connectivity index (χ2v) is 7.41. The first-order valence-corrected chi connectivity index (χ1v) is 10.2. The molecule has 2 fully saturated rings. The van der Waals surface area contributed by atoms with E-state index in [1.165, 1.54) is 26.4 Å². The summed E-state index contributed by atoms with van der Waals surface area (Å²) in [5, 5.41) is 39.7. The number of rotatable bonds is 13. The smallest absolute Gasteiger partial charge is 0.186 e. The van der Waals surface area contributed by atoms with Gasteiger partial charge in [-0.1, -0.05) is 39.0 Å². The van der Waals surface area contributed by atoms with Gasteiger partial charge in [-0.2, -0.15) is 0 Å². The van der Waals surface area contributed by atoms with Crippen LogP contribution < -0.4 is 0 Å². The largest absolute Gasteiger partial charge is 0.394 e. The molecule has 4 N–H and O–H groups in total. The van der Waals surface area contributed by atoms with Crippen molar-refractivity contribution in [2.45, 2.75) is 94.7 Å². The van der Waals surface area contributed by atoms with E-state index in [1.807, 2.05) is 0 Å². The third-order valence-corrected chi connectivity index (χ3v) is 5.27. The SMILES string of the molecule is CCCCCCCCO[C@H]1O[C@H](CO[C@H]2O[C@H](CO)[C@@H](OC)[C@@H]2O)[C@@H](O)[C@@H]1O. The first kappa shape index (κ1) is 23.9. The van der Waals surface area contributed by atoms with Gasteiger partial charge in [0.15, 0.2) is 12.6 Å². The Balaban J connectivity index is 1.69. The van der Waals surface area contributed by atoms with Crippen LogP contribution in [0.4, 0.5) is 0 Å². The van der Waals surface area contributed by atoms with E-state index in [2.05, 4.69) is 6.92 Å². The molecule has 2 saturated heterocycles. The van der Waals surface area contributed by atoms with Gasteiger partial charge in [0.2, 0.25) is 0 Å². The van der Waals surface area contributed by atoms with Crippen molar-refractivity contribution in [2.24, 2.45) is 0 Å². The summed E-state index contributed by atoms with van der Waals surface area (Å²) >= 11 is 0. The lowest BCUT2D eigenvalue weighted by Crippen LogP contribution is -2.39. The standard InChI is InChI=1S/C19H36O9/c1-3-4-5-6-7-8-9-25-18-15(22)14(21)13(28-18)11-26-19-16(23)17(24-2)12(10-20)27-19/h12-23H,3-11H2,1-2H3/t12-,13-,14-,15+,16+,17-,18+,19+/m1/s1. The second-order valence-electron chi connectivity index (χ2n) is 7.41. The molecule has 0 aromatic heterocycles. The molecule has 2 heterocycles. The highest BCUT2D eigenvalue weighted by Gasteiger charge is 2.47. The second kappa shape index (κ2) is 12.4. The molecule has 9 heteroatoms. The maximum atomic E-state index is 10.2. The van der Waals surface area contributed by atoms with Crippen molar-refractivity contribution in [3.63, 3.8) is 0 Å². The molecule has 0 bridgehead atoms. The zero-order valence-corrected chi connectivity index (χ0v) is 16.8. The average Bonchev–Trinajstić information content (AvgIpc) is 3.15. The van der Waals surface area contributed by atoms with Crippen LogP contribution in [0.1, 0.15) is 45.4 Å². The quantitative estimate of drug-likeness (QED) is 0.309. The van der Waals surface area contributed by atoms with Crippen LogP contribution in [0.25, 0.3) is 0 Å². The van der Waals surface area contributed by atoms with Gasteiger partial charge in [0.05, 0.1) is 13.2 Å². The molecule has 0 amide bonds. The summed E-state index contributed by atoms with van der Waals surface area (Å²) in [5.74, 6) is 0. The van der Waals surface area contributed by atoms with Gasteiger partial charge in [0.1, 0.15) is 36.6 Å². The summed E-state index contributed by atoms with van der Waals surface area (Å²) < 4.78 is 27.2. The summed E-state index contributed by atoms with van der Waals surface area (Å²) in [4.78, 5) is 0. The van der Waals surface area contributed by atoms with E-state index in [-0.39, 0.29) is 13.2 Å². The number of ether oxygens (including phenoxy) is 5. The zero-order valence-electron chi connectivity index (χ0n) is 16.8. The zero-order chi connectivity index (χ0) is 20.5. The fourth-order valence-electron chi connectivity index (χ4n) is 3.54. The molecule has 8 atom stereocenters. The molecular weight excluding hydrogens is 372 g/mol. The Kier molecular flexibility index (Phi) is 10.6. The lowest BCUT2D eigenvalue weighted by Gasteiger charge is -2.20. The Hall–Kier alpha value is -0.360. The Morgan fingerprint density at radius 1 is 0.786 bits per heavy atom. The van der Waals surface area contributed by atoms with Crippen LogP contribution in [0.3, 0.4) is 0 Å². The van der Waals surface area contributed by atoms with E-state index in [9.17, 15) is 20.4 Å². The molecule has 0 spiro atoms. The third kappa shape index (κ3) is 6.32. The highest BCUT2D eigenvalue weighted by molar-refractivity contribution is 4.90. The van der Waals surface area contributed by atoms with Crippen molar-refractivity contribution in [2.75, 3.05) is 26.9 Å². The molecule has 9 nitrogen and oxygen atoms in total. The lowest BCUT2D eigenvalue weighted by atomic mass is 10.1. The monoisotopic (exact) mass is 408 g/mol. The minimum Gasteiger partial charge on any atom is -0.394 e. The van der Waals surface area contributed by atoms with Gasteiger partial charge < -0.3 is 44.1 Å². The van der Waals surface area contributed by atoms with E-state index in [0.717, 1.165) is 19.3 Å². The van der Waals surface area contributed by atoms with Gasteiger partial charge >= 0.3 is 0 Å². The number of unbranched alkanes of at least 4 members (excludes halogenated alkanes) is 5. The molecule has 166 valence electrons.